The van der Waals surface area contributed by atoms with Crippen molar-refractivity contribution in [2.45, 2.75) is 19.4 Å². The number of fused-ring (bicyclic) bond motifs is 1. The summed E-state index contributed by atoms with van der Waals surface area (Å²) in [5.74, 6) is 0.550. The molecule has 128 valence electrons. The van der Waals surface area contributed by atoms with Crippen LogP contribution in [0.25, 0.3) is 10.9 Å². The molecule has 0 aliphatic rings. The predicted molar refractivity (Wildman–Crippen MR) is 98.3 cm³/mol. The molecule has 0 spiro atoms. The number of carbonyl (C=O) groups excluding carboxylic acids is 2. The topological polar surface area (TPSA) is 60.3 Å². The van der Waals surface area contributed by atoms with Crippen molar-refractivity contribution in [1.29, 1.82) is 0 Å². The third-order valence-corrected chi connectivity index (χ3v) is 4.26. The molecular formula is C20H20N2O3. The molecule has 0 saturated carbocycles. The number of carbonyl (C=O) groups is 2. The Balaban J connectivity index is 1.94. The normalized spacial score (nSPS) is 11.9. The highest BCUT2D eigenvalue weighted by Crippen LogP contribution is 2.26. The highest BCUT2D eigenvalue weighted by Gasteiger charge is 2.21. The van der Waals surface area contributed by atoms with Gasteiger partial charge in [0.25, 0.3) is 0 Å². The molecule has 25 heavy (non-hydrogen) atoms. The summed E-state index contributed by atoms with van der Waals surface area (Å²) >= 11 is 0. The van der Waals surface area contributed by atoms with Gasteiger partial charge in [-0.2, -0.15) is 0 Å². The first-order chi connectivity index (χ1) is 12.2. The number of anilines is 1. The van der Waals surface area contributed by atoms with Crippen LogP contribution in [0.15, 0.2) is 54.7 Å². The van der Waals surface area contributed by atoms with Crippen LogP contribution in [0, 0.1) is 0 Å². The second kappa shape index (κ2) is 7.21. The average Bonchev–Trinajstić information content (AvgIpc) is 3.01. The number of aldehydes is 1. The molecule has 0 unspecified atom stereocenters. The number of nitrogens with one attached hydrogen (secondary N) is 1. The molecule has 1 atom stereocenters. The maximum Gasteiger partial charge on any atom is 0.247 e. The van der Waals surface area contributed by atoms with Crippen LogP contribution in [0.2, 0.25) is 0 Å². The summed E-state index contributed by atoms with van der Waals surface area (Å²) < 4.78 is 7.06. The Labute approximate surface area is 146 Å². The average molecular weight is 336 g/mol. The van der Waals surface area contributed by atoms with Crippen molar-refractivity contribution in [3.63, 3.8) is 0 Å². The van der Waals surface area contributed by atoms with E-state index in [-0.39, 0.29) is 5.91 Å². The lowest BCUT2D eigenvalue weighted by Gasteiger charge is -2.18. The van der Waals surface area contributed by atoms with E-state index in [0.29, 0.717) is 23.4 Å². The number of nitrogens with zero attached hydrogens (tertiary/aromatic N) is 1. The zero-order valence-electron chi connectivity index (χ0n) is 14.2. The minimum Gasteiger partial charge on any atom is -0.497 e. The smallest absolute Gasteiger partial charge is 0.247 e. The molecule has 3 aromatic rings. The van der Waals surface area contributed by atoms with Gasteiger partial charge in [-0.3, -0.25) is 9.59 Å². The monoisotopic (exact) mass is 336 g/mol. The molecule has 0 aliphatic carbocycles. The molecule has 0 saturated heterocycles. The van der Waals surface area contributed by atoms with Gasteiger partial charge in [-0.1, -0.05) is 31.2 Å². The van der Waals surface area contributed by atoms with E-state index in [1.165, 1.54) is 0 Å². The van der Waals surface area contributed by atoms with E-state index in [2.05, 4.69) is 5.32 Å². The molecule has 0 fully saturated rings. The molecule has 0 aliphatic heterocycles. The summed E-state index contributed by atoms with van der Waals surface area (Å²) in [6.45, 7) is 1.95. The summed E-state index contributed by atoms with van der Waals surface area (Å²) in [6, 6.07) is 14.4. The SMILES string of the molecule is CC[C@@H](C(=O)Nc1cccc(OC)c1)n1cc(C=O)c2ccccc21. The standard InChI is InChI=1S/C20H20N2O3/c1-3-18(20(24)21-15-7-6-8-16(11-15)25-2)22-12-14(13-23)17-9-4-5-10-19(17)22/h4-13,18H,3H2,1-2H3,(H,21,24)/t18-/m0/s1. The lowest BCUT2D eigenvalue weighted by atomic mass is 10.1. The molecule has 1 heterocycles. The van der Waals surface area contributed by atoms with Crippen molar-refractivity contribution >= 4 is 28.8 Å². The predicted octanol–water partition coefficient (Wildman–Crippen LogP) is 4.05. The van der Waals surface area contributed by atoms with Crippen LogP contribution in [0.1, 0.15) is 29.7 Å². The molecule has 5 heteroatoms. The zero-order valence-corrected chi connectivity index (χ0v) is 14.2. The third-order valence-electron chi connectivity index (χ3n) is 4.26. The Kier molecular flexibility index (Phi) is 4.84. The molecular weight excluding hydrogens is 316 g/mol. The van der Waals surface area contributed by atoms with Gasteiger partial charge in [0.1, 0.15) is 11.8 Å². The van der Waals surface area contributed by atoms with Crippen LogP contribution >= 0.6 is 0 Å². The van der Waals surface area contributed by atoms with E-state index in [1.54, 1.807) is 19.4 Å². The van der Waals surface area contributed by atoms with E-state index in [4.69, 9.17) is 4.74 Å². The number of aromatic nitrogens is 1. The first-order valence-electron chi connectivity index (χ1n) is 8.17. The van der Waals surface area contributed by atoms with Crippen molar-refractivity contribution in [3.8, 4) is 5.75 Å². The molecule has 1 amide bonds. The Morgan fingerprint density at radius 1 is 1.24 bits per heavy atom. The maximum absolute atomic E-state index is 12.8. The van der Waals surface area contributed by atoms with Gasteiger partial charge in [0.15, 0.2) is 6.29 Å². The van der Waals surface area contributed by atoms with E-state index in [9.17, 15) is 9.59 Å². The zero-order chi connectivity index (χ0) is 17.8. The van der Waals surface area contributed by atoms with E-state index in [1.807, 2.05) is 54.0 Å². The van der Waals surface area contributed by atoms with Crippen LogP contribution in [0.3, 0.4) is 0 Å². The number of hydrogen-bond donors (Lipinski definition) is 1. The molecule has 3 rings (SSSR count). The summed E-state index contributed by atoms with van der Waals surface area (Å²) in [7, 11) is 1.59. The number of benzene rings is 2. The fourth-order valence-electron chi connectivity index (χ4n) is 3.02. The minimum absolute atomic E-state index is 0.131. The lowest BCUT2D eigenvalue weighted by Crippen LogP contribution is -2.25. The quantitative estimate of drug-likeness (QED) is 0.691. The minimum atomic E-state index is -0.412. The van der Waals surface area contributed by atoms with Gasteiger partial charge in [-0.05, 0) is 24.6 Å². The van der Waals surface area contributed by atoms with E-state index < -0.39 is 6.04 Å². The Morgan fingerprint density at radius 3 is 2.76 bits per heavy atom. The number of rotatable bonds is 6. The molecule has 5 nitrogen and oxygen atoms in total. The van der Waals surface area contributed by atoms with Gasteiger partial charge >= 0.3 is 0 Å². The number of methoxy groups -OCH3 is 1. The van der Waals surface area contributed by atoms with Crippen molar-refractivity contribution in [3.05, 3.63) is 60.3 Å². The van der Waals surface area contributed by atoms with E-state index in [0.717, 1.165) is 17.2 Å². The Hall–Kier alpha value is -3.08. The molecule has 0 bridgehead atoms. The van der Waals surface area contributed by atoms with Crippen molar-refractivity contribution in [1.82, 2.24) is 4.57 Å². The summed E-state index contributed by atoms with van der Waals surface area (Å²) in [4.78, 5) is 24.2. The first kappa shape index (κ1) is 16.8. The Bertz CT molecular complexity index is 914. The van der Waals surface area contributed by atoms with Crippen LogP contribution in [0.4, 0.5) is 5.69 Å². The molecule has 2 aromatic carbocycles. The summed E-state index contributed by atoms with van der Waals surface area (Å²) in [6.07, 6.45) is 3.18. The second-order valence-corrected chi connectivity index (χ2v) is 5.77. The van der Waals surface area contributed by atoms with E-state index >= 15 is 0 Å². The molecule has 1 N–H and O–H groups in total. The highest BCUT2D eigenvalue weighted by atomic mass is 16.5. The molecule has 1 aromatic heterocycles. The maximum atomic E-state index is 12.8. The summed E-state index contributed by atoms with van der Waals surface area (Å²) in [5.41, 5.74) is 2.13. The van der Waals surface area contributed by atoms with Gasteiger partial charge in [0.2, 0.25) is 5.91 Å². The van der Waals surface area contributed by atoms with Gasteiger partial charge in [0.05, 0.1) is 7.11 Å². The summed E-state index contributed by atoms with van der Waals surface area (Å²) in [5, 5.41) is 3.78. The van der Waals surface area contributed by atoms with Gasteiger partial charge < -0.3 is 14.6 Å². The van der Waals surface area contributed by atoms with Gasteiger partial charge in [-0.25, -0.2) is 0 Å². The second-order valence-electron chi connectivity index (χ2n) is 5.77. The lowest BCUT2D eigenvalue weighted by molar-refractivity contribution is -0.119. The largest absolute Gasteiger partial charge is 0.497 e. The van der Waals surface area contributed by atoms with Gasteiger partial charge in [0, 0.05) is 34.4 Å². The van der Waals surface area contributed by atoms with Crippen LogP contribution in [-0.2, 0) is 4.79 Å². The highest BCUT2D eigenvalue weighted by molar-refractivity contribution is 6.00. The van der Waals surface area contributed by atoms with Crippen LogP contribution < -0.4 is 10.1 Å². The fourth-order valence-corrected chi connectivity index (χ4v) is 3.02. The van der Waals surface area contributed by atoms with Crippen molar-refractivity contribution in [2.75, 3.05) is 12.4 Å². The number of hydrogen-bond acceptors (Lipinski definition) is 3. The van der Waals surface area contributed by atoms with Gasteiger partial charge in [-0.15, -0.1) is 0 Å². The number of amides is 1. The van der Waals surface area contributed by atoms with Crippen LogP contribution in [-0.4, -0.2) is 23.9 Å². The third kappa shape index (κ3) is 3.26. The first-order valence-corrected chi connectivity index (χ1v) is 8.17. The van der Waals surface area contributed by atoms with Crippen molar-refractivity contribution in [2.24, 2.45) is 0 Å². The molecule has 0 radical (unpaired) electrons. The van der Waals surface area contributed by atoms with Crippen molar-refractivity contribution < 1.29 is 14.3 Å². The fraction of sp³-hybridized carbons (Fsp3) is 0.200. The number of para-hydroxylation sites is 1. The number of ether oxygens (including phenoxy) is 1. The Morgan fingerprint density at radius 2 is 2.04 bits per heavy atom. The van der Waals surface area contributed by atoms with Crippen LogP contribution in [0.5, 0.6) is 5.75 Å².